The Labute approximate surface area is 106 Å². The highest BCUT2D eigenvalue weighted by atomic mass is 79.9. The van der Waals surface area contributed by atoms with Crippen LogP contribution in [0.15, 0.2) is 22.7 Å². The third-order valence-corrected chi connectivity index (χ3v) is 4.11. The van der Waals surface area contributed by atoms with Gasteiger partial charge in [0.05, 0.1) is 0 Å². The molecule has 1 aliphatic rings. The zero-order valence-corrected chi connectivity index (χ0v) is 11.3. The quantitative estimate of drug-likeness (QED) is 0.658. The fourth-order valence-electron chi connectivity index (χ4n) is 2.76. The van der Waals surface area contributed by atoms with Crippen molar-refractivity contribution in [2.45, 2.75) is 38.6 Å². The van der Waals surface area contributed by atoms with Crippen molar-refractivity contribution in [1.82, 2.24) is 5.43 Å². The highest BCUT2D eigenvalue weighted by molar-refractivity contribution is 9.10. The maximum atomic E-state index is 5.73. The first-order chi connectivity index (χ1) is 7.72. The summed E-state index contributed by atoms with van der Waals surface area (Å²) in [5, 5.41) is 0. The zero-order valence-electron chi connectivity index (χ0n) is 9.67. The highest BCUT2D eigenvalue weighted by Gasteiger charge is 2.26. The van der Waals surface area contributed by atoms with E-state index in [-0.39, 0.29) is 0 Å². The second-order valence-corrected chi connectivity index (χ2v) is 5.61. The van der Waals surface area contributed by atoms with Crippen molar-refractivity contribution in [2.24, 2.45) is 11.8 Å². The first kappa shape index (κ1) is 12.1. The predicted molar refractivity (Wildman–Crippen MR) is 70.9 cm³/mol. The summed E-state index contributed by atoms with van der Waals surface area (Å²) < 4.78 is 1.14. The summed E-state index contributed by atoms with van der Waals surface area (Å²) in [6.07, 6.45) is 5.28. The summed E-state index contributed by atoms with van der Waals surface area (Å²) in [5.41, 5.74) is 5.66. The van der Waals surface area contributed by atoms with Crippen molar-refractivity contribution in [1.29, 1.82) is 0 Å². The van der Waals surface area contributed by atoms with Gasteiger partial charge in [0.15, 0.2) is 0 Å². The van der Waals surface area contributed by atoms with Crippen LogP contribution in [0.4, 0.5) is 0 Å². The van der Waals surface area contributed by atoms with E-state index in [1.165, 1.54) is 36.8 Å². The molecule has 1 aliphatic carbocycles. The van der Waals surface area contributed by atoms with Crippen LogP contribution in [0.5, 0.6) is 0 Å². The number of rotatable bonds is 3. The third-order valence-electron chi connectivity index (χ3n) is 3.62. The normalized spacial score (nSPS) is 18.9. The van der Waals surface area contributed by atoms with Crippen molar-refractivity contribution in [3.05, 3.63) is 33.8 Å². The third kappa shape index (κ3) is 2.47. The standard InChI is InChI=1S/C13H19BrN2/c1-9-8-11(14)6-7-12(9)13(16-15)10-4-2-3-5-10/h6-8,10,13,16H,2-5,15H2,1H3. The number of nitrogens with one attached hydrogen (secondary N) is 1. The van der Waals surface area contributed by atoms with E-state index in [0.717, 1.165) is 4.47 Å². The zero-order chi connectivity index (χ0) is 11.5. The molecule has 0 amide bonds. The first-order valence-corrected chi connectivity index (χ1v) is 6.74. The molecule has 1 fully saturated rings. The first-order valence-electron chi connectivity index (χ1n) is 5.94. The molecule has 16 heavy (non-hydrogen) atoms. The van der Waals surface area contributed by atoms with Crippen molar-refractivity contribution < 1.29 is 0 Å². The maximum Gasteiger partial charge on any atom is 0.0490 e. The van der Waals surface area contributed by atoms with Gasteiger partial charge in [-0.05, 0) is 48.9 Å². The van der Waals surface area contributed by atoms with Gasteiger partial charge in [0.25, 0.3) is 0 Å². The van der Waals surface area contributed by atoms with Crippen LogP contribution >= 0.6 is 15.9 Å². The van der Waals surface area contributed by atoms with Crippen LogP contribution in [-0.4, -0.2) is 0 Å². The molecule has 2 nitrogen and oxygen atoms in total. The molecule has 1 saturated carbocycles. The Bertz CT molecular complexity index is 359. The molecule has 1 aromatic rings. The molecule has 1 atom stereocenters. The van der Waals surface area contributed by atoms with Crippen molar-refractivity contribution >= 4 is 15.9 Å². The minimum Gasteiger partial charge on any atom is -0.271 e. The molecular weight excluding hydrogens is 264 g/mol. The maximum absolute atomic E-state index is 5.73. The van der Waals surface area contributed by atoms with Crippen molar-refractivity contribution in [3.63, 3.8) is 0 Å². The summed E-state index contributed by atoms with van der Waals surface area (Å²) in [6.45, 7) is 2.15. The van der Waals surface area contributed by atoms with Crippen LogP contribution in [0.3, 0.4) is 0 Å². The molecular formula is C13H19BrN2. The topological polar surface area (TPSA) is 38.0 Å². The predicted octanol–water partition coefficient (Wildman–Crippen LogP) is 3.45. The summed E-state index contributed by atoms with van der Waals surface area (Å²) in [7, 11) is 0. The second kappa shape index (κ2) is 5.30. The van der Waals surface area contributed by atoms with E-state index in [1.54, 1.807) is 0 Å². The molecule has 0 aromatic heterocycles. The minimum absolute atomic E-state index is 0.315. The SMILES string of the molecule is Cc1cc(Br)ccc1C(NN)C1CCCC1. The lowest BCUT2D eigenvalue weighted by atomic mass is 9.90. The van der Waals surface area contributed by atoms with Gasteiger partial charge in [-0.25, -0.2) is 0 Å². The van der Waals surface area contributed by atoms with Crippen LogP contribution in [0, 0.1) is 12.8 Å². The van der Waals surface area contributed by atoms with Gasteiger partial charge in [0.2, 0.25) is 0 Å². The Hall–Kier alpha value is -0.380. The van der Waals surface area contributed by atoms with Crippen LogP contribution < -0.4 is 11.3 Å². The van der Waals surface area contributed by atoms with E-state index in [9.17, 15) is 0 Å². The number of benzene rings is 1. The molecule has 3 N–H and O–H groups in total. The molecule has 1 aromatic carbocycles. The Morgan fingerprint density at radius 2 is 2.06 bits per heavy atom. The fourth-order valence-corrected chi connectivity index (χ4v) is 3.23. The molecule has 0 bridgehead atoms. The molecule has 88 valence electrons. The van der Waals surface area contributed by atoms with Gasteiger partial charge in [-0.15, -0.1) is 0 Å². The average Bonchev–Trinajstić information content (AvgIpc) is 2.75. The summed E-state index contributed by atoms with van der Waals surface area (Å²) in [6, 6.07) is 6.76. The number of hydrogen-bond acceptors (Lipinski definition) is 2. The van der Waals surface area contributed by atoms with E-state index >= 15 is 0 Å². The van der Waals surface area contributed by atoms with Gasteiger partial charge in [-0.1, -0.05) is 34.8 Å². The Kier molecular flexibility index (Phi) is 4.00. The molecule has 2 rings (SSSR count). The van der Waals surface area contributed by atoms with Gasteiger partial charge in [-0.2, -0.15) is 0 Å². The van der Waals surface area contributed by atoms with Crippen LogP contribution in [-0.2, 0) is 0 Å². The van der Waals surface area contributed by atoms with Gasteiger partial charge >= 0.3 is 0 Å². The lowest BCUT2D eigenvalue weighted by Gasteiger charge is -2.24. The van der Waals surface area contributed by atoms with Gasteiger partial charge in [0, 0.05) is 10.5 Å². The number of hydrogen-bond donors (Lipinski definition) is 2. The van der Waals surface area contributed by atoms with E-state index in [2.05, 4.69) is 46.5 Å². The average molecular weight is 283 g/mol. The fraction of sp³-hybridized carbons (Fsp3) is 0.538. The Morgan fingerprint density at radius 3 is 2.62 bits per heavy atom. The van der Waals surface area contributed by atoms with Crippen LogP contribution in [0.1, 0.15) is 42.9 Å². The molecule has 0 heterocycles. The monoisotopic (exact) mass is 282 g/mol. The van der Waals surface area contributed by atoms with Crippen molar-refractivity contribution in [2.75, 3.05) is 0 Å². The summed E-state index contributed by atoms with van der Waals surface area (Å²) >= 11 is 3.50. The molecule has 0 aliphatic heterocycles. The second-order valence-electron chi connectivity index (χ2n) is 4.69. The molecule has 0 spiro atoms. The molecule has 0 radical (unpaired) electrons. The van der Waals surface area contributed by atoms with Gasteiger partial charge in [0.1, 0.15) is 0 Å². The molecule has 1 unspecified atom stereocenters. The van der Waals surface area contributed by atoms with Crippen LogP contribution in [0.25, 0.3) is 0 Å². The number of halogens is 1. The lowest BCUT2D eigenvalue weighted by Crippen LogP contribution is -2.33. The molecule has 0 saturated heterocycles. The minimum atomic E-state index is 0.315. The Balaban J connectivity index is 2.25. The number of hydrazine groups is 1. The largest absolute Gasteiger partial charge is 0.271 e. The van der Waals surface area contributed by atoms with Gasteiger partial charge in [-0.3, -0.25) is 11.3 Å². The van der Waals surface area contributed by atoms with Gasteiger partial charge < -0.3 is 0 Å². The van der Waals surface area contributed by atoms with E-state index in [1.807, 2.05) is 0 Å². The summed E-state index contributed by atoms with van der Waals surface area (Å²) in [5.74, 6) is 6.43. The number of nitrogens with two attached hydrogens (primary N) is 1. The Morgan fingerprint density at radius 1 is 1.38 bits per heavy atom. The van der Waals surface area contributed by atoms with E-state index < -0.39 is 0 Å². The van der Waals surface area contributed by atoms with E-state index in [0.29, 0.717) is 12.0 Å². The molecule has 3 heteroatoms. The smallest absolute Gasteiger partial charge is 0.0490 e. The van der Waals surface area contributed by atoms with Crippen LogP contribution in [0.2, 0.25) is 0 Å². The van der Waals surface area contributed by atoms with Crippen molar-refractivity contribution in [3.8, 4) is 0 Å². The highest BCUT2D eigenvalue weighted by Crippen LogP contribution is 2.36. The van der Waals surface area contributed by atoms with E-state index in [4.69, 9.17) is 5.84 Å². The number of aryl methyl sites for hydroxylation is 1. The lowest BCUT2D eigenvalue weighted by molar-refractivity contribution is 0.372. The summed E-state index contributed by atoms with van der Waals surface area (Å²) in [4.78, 5) is 0.